The minimum absolute atomic E-state index is 0.0491. The van der Waals surface area contributed by atoms with E-state index in [0.717, 1.165) is 20.4 Å². The highest BCUT2D eigenvalue weighted by Crippen LogP contribution is 2.35. The summed E-state index contributed by atoms with van der Waals surface area (Å²) in [4.78, 5) is 12.2. The Labute approximate surface area is 221 Å². The molecule has 3 aromatic rings. The van der Waals surface area contributed by atoms with Gasteiger partial charge >= 0.3 is 0 Å². The van der Waals surface area contributed by atoms with Gasteiger partial charge in [0, 0.05) is 22.3 Å². The van der Waals surface area contributed by atoms with Crippen LogP contribution in [-0.4, -0.2) is 32.1 Å². The fourth-order valence-corrected chi connectivity index (χ4v) is 4.21. The van der Waals surface area contributed by atoms with Crippen molar-refractivity contribution in [1.29, 1.82) is 0 Å². The summed E-state index contributed by atoms with van der Waals surface area (Å²) in [5.74, 6) is 2.25. The Morgan fingerprint density at radius 1 is 1.14 bits per heavy atom. The summed E-state index contributed by atoms with van der Waals surface area (Å²) in [6.07, 6.45) is 1.56. The molecule has 1 amide bonds. The van der Waals surface area contributed by atoms with E-state index in [-0.39, 0.29) is 19.2 Å². The number of hydrazone groups is 1. The quantitative estimate of drug-likeness (QED) is 0.187. The molecule has 10 heteroatoms. The number of amides is 1. The predicted molar refractivity (Wildman–Crippen MR) is 143 cm³/mol. The van der Waals surface area contributed by atoms with Crippen LogP contribution in [-0.2, 0) is 11.4 Å². The summed E-state index contributed by atoms with van der Waals surface area (Å²) in [6, 6.07) is 16.6. The average Bonchev–Trinajstić information content (AvgIpc) is 3.31. The van der Waals surface area contributed by atoms with Gasteiger partial charge < -0.3 is 24.3 Å². The van der Waals surface area contributed by atoms with E-state index in [1.165, 1.54) is 0 Å². The Hall–Kier alpha value is -3.18. The fourth-order valence-electron chi connectivity index (χ4n) is 3.24. The standard InChI is InChI=1S/C25H23ClIN3O5/c1-2-32-23-10-16(9-20(27)25(23)33-14-17-5-3-4-6-19(17)26)12-29-30-24(31)13-28-18-7-8-21-22(11-18)35-15-34-21/h3-12,28H,2,13-15H2,1H3,(H,30,31)/b29-12+. The molecular weight excluding hydrogens is 585 g/mol. The van der Waals surface area contributed by atoms with Gasteiger partial charge in [0.25, 0.3) is 5.91 Å². The van der Waals surface area contributed by atoms with Crippen LogP contribution in [0.1, 0.15) is 18.1 Å². The third kappa shape index (κ3) is 6.70. The Balaban J connectivity index is 1.35. The summed E-state index contributed by atoms with van der Waals surface area (Å²) >= 11 is 8.42. The Kier molecular flexibility index (Phi) is 8.54. The van der Waals surface area contributed by atoms with Crippen molar-refractivity contribution < 1.29 is 23.7 Å². The molecule has 0 spiro atoms. The number of benzene rings is 3. The smallest absolute Gasteiger partial charge is 0.259 e. The molecule has 8 nitrogen and oxygen atoms in total. The Morgan fingerprint density at radius 2 is 1.97 bits per heavy atom. The van der Waals surface area contributed by atoms with Gasteiger partial charge in [-0.2, -0.15) is 5.10 Å². The molecular formula is C25H23ClIN3O5. The third-order valence-electron chi connectivity index (χ3n) is 4.89. The molecule has 1 aliphatic rings. The minimum atomic E-state index is -0.293. The van der Waals surface area contributed by atoms with Crippen LogP contribution in [0.25, 0.3) is 0 Å². The predicted octanol–water partition coefficient (Wildman–Crippen LogP) is 5.21. The molecule has 0 aliphatic carbocycles. The van der Waals surface area contributed by atoms with Gasteiger partial charge in [-0.15, -0.1) is 0 Å². The lowest BCUT2D eigenvalue weighted by atomic mass is 10.2. The number of hydrogen-bond acceptors (Lipinski definition) is 7. The average molecular weight is 608 g/mol. The monoisotopic (exact) mass is 607 g/mol. The topological polar surface area (TPSA) is 90.4 Å². The van der Waals surface area contributed by atoms with E-state index >= 15 is 0 Å². The summed E-state index contributed by atoms with van der Waals surface area (Å²) < 4.78 is 23.3. The second-order valence-corrected chi connectivity index (χ2v) is 8.93. The molecule has 3 aromatic carbocycles. The molecule has 0 saturated heterocycles. The van der Waals surface area contributed by atoms with E-state index in [0.29, 0.717) is 41.2 Å². The largest absolute Gasteiger partial charge is 0.490 e. The second kappa shape index (κ2) is 12.0. The van der Waals surface area contributed by atoms with E-state index in [1.54, 1.807) is 18.3 Å². The number of hydrogen-bond donors (Lipinski definition) is 2. The molecule has 2 N–H and O–H groups in total. The van der Waals surface area contributed by atoms with Gasteiger partial charge in [-0.1, -0.05) is 29.8 Å². The molecule has 0 aromatic heterocycles. The number of carbonyl (C=O) groups is 1. The first-order valence-electron chi connectivity index (χ1n) is 10.8. The first-order valence-corrected chi connectivity index (χ1v) is 12.3. The first kappa shape index (κ1) is 24.9. The van der Waals surface area contributed by atoms with Crippen LogP contribution >= 0.6 is 34.2 Å². The summed E-state index contributed by atoms with van der Waals surface area (Å²) in [5, 5.41) is 7.74. The van der Waals surface area contributed by atoms with Crippen LogP contribution in [0.15, 0.2) is 59.7 Å². The SMILES string of the molecule is CCOc1cc(/C=N/NC(=O)CNc2ccc3c(c2)OCO3)cc(I)c1OCc1ccccc1Cl. The van der Waals surface area contributed by atoms with Gasteiger partial charge in [-0.05, 0) is 65.4 Å². The number of halogens is 2. The number of nitrogens with one attached hydrogen (secondary N) is 2. The molecule has 0 saturated carbocycles. The molecule has 0 atom stereocenters. The van der Waals surface area contributed by atoms with Gasteiger partial charge in [-0.25, -0.2) is 5.43 Å². The first-order chi connectivity index (χ1) is 17.0. The zero-order valence-corrected chi connectivity index (χ0v) is 21.8. The zero-order valence-electron chi connectivity index (χ0n) is 18.8. The van der Waals surface area contributed by atoms with Gasteiger partial charge in [0.15, 0.2) is 23.0 Å². The number of anilines is 1. The van der Waals surface area contributed by atoms with E-state index in [9.17, 15) is 4.79 Å². The fraction of sp³-hybridized carbons (Fsp3) is 0.200. The maximum Gasteiger partial charge on any atom is 0.259 e. The van der Waals surface area contributed by atoms with Crippen LogP contribution in [0.4, 0.5) is 5.69 Å². The van der Waals surface area contributed by atoms with Crippen LogP contribution in [0.3, 0.4) is 0 Å². The Morgan fingerprint density at radius 3 is 2.80 bits per heavy atom. The van der Waals surface area contributed by atoms with E-state index in [1.807, 2.05) is 49.4 Å². The molecule has 4 rings (SSSR count). The lowest BCUT2D eigenvalue weighted by molar-refractivity contribution is -0.119. The number of nitrogens with zero attached hydrogens (tertiary/aromatic N) is 1. The maximum absolute atomic E-state index is 12.2. The van der Waals surface area contributed by atoms with Crippen molar-refractivity contribution in [3.8, 4) is 23.0 Å². The highest BCUT2D eigenvalue weighted by molar-refractivity contribution is 14.1. The Bertz CT molecular complexity index is 1240. The lowest BCUT2D eigenvalue weighted by Crippen LogP contribution is -2.25. The molecule has 0 unspecified atom stereocenters. The van der Waals surface area contributed by atoms with Gasteiger partial charge in [-0.3, -0.25) is 4.79 Å². The number of rotatable bonds is 10. The van der Waals surface area contributed by atoms with Gasteiger partial charge in [0.1, 0.15) is 6.61 Å². The number of carbonyl (C=O) groups excluding carboxylic acids is 1. The lowest BCUT2D eigenvalue weighted by Gasteiger charge is -2.15. The molecule has 1 aliphatic heterocycles. The normalized spacial score (nSPS) is 12.0. The summed E-state index contributed by atoms with van der Waals surface area (Å²) in [6.45, 7) is 2.94. The highest BCUT2D eigenvalue weighted by Gasteiger charge is 2.14. The van der Waals surface area contributed by atoms with Crippen molar-refractivity contribution in [2.75, 3.05) is 25.3 Å². The number of ether oxygens (including phenoxy) is 4. The highest BCUT2D eigenvalue weighted by atomic mass is 127. The van der Waals surface area contributed by atoms with Crippen molar-refractivity contribution >= 4 is 52.0 Å². The van der Waals surface area contributed by atoms with E-state index in [4.69, 9.17) is 30.5 Å². The van der Waals surface area contributed by atoms with E-state index in [2.05, 4.69) is 38.4 Å². The van der Waals surface area contributed by atoms with Crippen LogP contribution in [0.5, 0.6) is 23.0 Å². The summed E-state index contributed by atoms with van der Waals surface area (Å²) in [7, 11) is 0. The van der Waals surface area contributed by atoms with E-state index < -0.39 is 0 Å². The molecule has 182 valence electrons. The molecule has 0 fully saturated rings. The van der Waals surface area contributed by atoms with Crippen molar-refractivity contribution in [1.82, 2.24) is 5.43 Å². The van der Waals surface area contributed by atoms with Crippen molar-refractivity contribution in [3.63, 3.8) is 0 Å². The molecule has 1 heterocycles. The zero-order chi connectivity index (χ0) is 24.6. The van der Waals surface area contributed by atoms with Crippen LogP contribution in [0.2, 0.25) is 5.02 Å². The summed E-state index contributed by atoms with van der Waals surface area (Å²) in [5.41, 5.74) is 4.90. The van der Waals surface area contributed by atoms with Crippen LogP contribution < -0.4 is 29.7 Å². The molecule has 0 bridgehead atoms. The van der Waals surface area contributed by atoms with Gasteiger partial charge in [0.05, 0.1) is 22.9 Å². The van der Waals surface area contributed by atoms with Crippen molar-refractivity contribution in [2.45, 2.75) is 13.5 Å². The van der Waals surface area contributed by atoms with Crippen molar-refractivity contribution in [2.24, 2.45) is 5.10 Å². The third-order valence-corrected chi connectivity index (χ3v) is 6.06. The van der Waals surface area contributed by atoms with Gasteiger partial charge in [0.2, 0.25) is 6.79 Å². The molecule has 0 radical (unpaired) electrons. The minimum Gasteiger partial charge on any atom is -0.490 e. The van der Waals surface area contributed by atoms with Crippen molar-refractivity contribution in [3.05, 3.63) is 74.3 Å². The number of fused-ring (bicyclic) bond motifs is 1. The van der Waals surface area contributed by atoms with Crippen LogP contribution in [0, 0.1) is 3.57 Å². The molecule has 35 heavy (non-hydrogen) atoms. The maximum atomic E-state index is 12.2. The second-order valence-electron chi connectivity index (χ2n) is 7.36.